The second kappa shape index (κ2) is 10.9. The van der Waals surface area contributed by atoms with Crippen LogP contribution >= 0.6 is 0 Å². The molecule has 0 aliphatic carbocycles. The lowest BCUT2D eigenvalue weighted by molar-refractivity contribution is -0.274. The molecule has 3 rings (SSSR count). The predicted molar refractivity (Wildman–Crippen MR) is 114 cm³/mol. The van der Waals surface area contributed by atoms with E-state index in [-0.39, 0.29) is 11.8 Å². The maximum Gasteiger partial charge on any atom is 0.573 e. The number of nitrogens with zero attached hydrogens (tertiary/aromatic N) is 1. The van der Waals surface area contributed by atoms with Crippen molar-refractivity contribution in [2.45, 2.75) is 46.4 Å². The topological polar surface area (TPSA) is 41.6 Å². The van der Waals surface area contributed by atoms with Crippen LogP contribution in [0.25, 0.3) is 11.1 Å². The second-order valence-electron chi connectivity index (χ2n) is 7.86. The van der Waals surface area contributed by atoms with Gasteiger partial charge in [0, 0.05) is 18.8 Å². The summed E-state index contributed by atoms with van der Waals surface area (Å²) in [5.41, 5.74) is 2.27. The van der Waals surface area contributed by atoms with E-state index >= 15 is 0 Å². The maximum absolute atomic E-state index is 12.2. The largest absolute Gasteiger partial charge is 0.573 e. The molecule has 0 aromatic heterocycles. The number of carbonyl (C=O) groups is 1. The van der Waals surface area contributed by atoms with Crippen molar-refractivity contribution in [3.8, 4) is 16.9 Å². The fraction of sp³-hybridized carbons (Fsp3) is 0.435. The number of piperidine rings is 1. The average Bonchev–Trinajstić information content (AvgIpc) is 2.68. The van der Waals surface area contributed by atoms with E-state index in [1.165, 1.54) is 12.1 Å². The lowest BCUT2D eigenvalue weighted by atomic mass is 10.1. The minimum atomic E-state index is -4.70. The van der Waals surface area contributed by atoms with E-state index in [0.29, 0.717) is 5.69 Å². The fourth-order valence-corrected chi connectivity index (χ4v) is 2.89. The molecule has 1 N–H and O–H groups in total. The van der Waals surface area contributed by atoms with Crippen molar-refractivity contribution < 1.29 is 22.7 Å². The molecule has 2 aromatic carbocycles. The van der Waals surface area contributed by atoms with Crippen molar-refractivity contribution in [2.24, 2.45) is 5.92 Å². The first-order valence-corrected chi connectivity index (χ1v) is 10.2. The summed E-state index contributed by atoms with van der Waals surface area (Å²) in [6.07, 6.45) is -1.48. The number of anilines is 1. The maximum atomic E-state index is 12.2. The lowest BCUT2D eigenvalue weighted by Gasteiger charge is -2.26. The zero-order chi connectivity index (χ0) is 22.1. The van der Waals surface area contributed by atoms with Gasteiger partial charge in [-0.3, -0.25) is 0 Å². The molecular weight excluding hydrogens is 393 g/mol. The molecule has 7 heteroatoms. The van der Waals surface area contributed by atoms with E-state index in [0.717, 1.165) is 49.4 Å². The van der Waals surface area contributed by atoms with Crippen molar-refractivity contribution in [2.75, 3.05) is 18.4 Å². The van der Waals surface area contributed by atoms with Gasteiger partial charge in [-0.25, -0.2) is 4.79 Å². The molecule has 1 fully saturated rings. The van der Waals surface area contributed by atoms with Crippen molar-refractivity contribution >= 4 is 11.7 Å². The zero-order valence-electron chi connectivity index (χ0n) is 17.6. The summed E-state index contributed by atoms with van der Waals surface area (Å²) in [6.45, 7) is 8.05. The Hall–Kier alpha value is -2.70. The number of nitrogens with one attached hydrogen (secondary N) is 1. The van der Waals surface area contributed by atoms with E-state index in [1.807, 2.05) is 12.1 Å². The summed E-state index contributed by atoms with van der Waals surface area (Å²) in [7, 11) is 0. The molecule has 2 aromatic rings. The molecule has 2 amide bonds. The first kappa shape index (κ1) is 23.6. The molecule has 0 saturated carbocycles. The van der Waals surface area contributed by atoms with Gasteiger partial charge in [-0.2, -0.15) is 0 Å². The molecule has 0 spiro atoms. The van der Waals surface area contributed by atoms with Gasteiger partial charge < -0.3 is 15.0 Å². The number of hydrogen-bond acceptors (Lipinski definition) is 2. The van der Waals surface area contributed by atoms with Crippen LogP contribution in [0.15, 0.2) is 48.5 Å². The Balaban J connectivity index is 0.000000735. The first-order valence-electron chi connectivity index (χ1n) is 10.2. The van der Waals surface area contributed by atoms with Gasteiger partial charge in [-0.05, 0) is 60.6 Å². The minimum Gasteiger partial charge on any atom is -0.406 e. The molecule has 1 aliphatic heterocycles. The number of alkyl halides is 3. The van der Waals surface area contributed by atoms with Crippen LogP contribution < -0.4 is 10.1 Å². The van der Waals surface area contributed by atoms with E-state index in [2.05, 4.69) is 30.8 Å². The average molecular weight is 422 g/mol. The summed E-state index contributed by atoms with van der Waals surface area (Å²) < 4.78 is 40.4. The number of benzene rings is 2. The molecular formula is C23H29F3N2O2. The number of halogens is 3. The highest BCUT2D eigenvalue weighted by molar-refractivity contribution is 5.89. The van der Waals surface area contributed by atoms with Crippen molar-refractivity contribution in [1.29, 1.82) is 0 Å². The standard InChI is InChI=1S/C19H19F3N2O2.C4H10/c20-19(21,22)26-17-10-6-15(7-11-17)14-4-8-16(9-5-14)23-18(25)24-12-2-1-3-13-24;1-4(2)3/h4-11H,1-3,12-13H2,(H,23,25);4H,1-3H3. The molecule has 1 heterocycles. The van der Waals surface area contributed by atoms with E-state index in [1.54, 1.807) is 29.2 Å². The summed E-state index contributed by atoms with van der Waals surface area (Å²) in [5, 5.41) is 2.87. The third-order valence-corrected chi connectivity index (χ3v) is 4.20. The quantitative estimate of drug-likeness (QED) is 0.582. The SMILES string of the molecule is CC(C)C.O=C(Nc1ccc(-c2ccc(OC(F)(F)F)cc2)cc1)N1CCCCC1. The Morgan fingerprint density at radius 1 is 0.900 bits per heavy atom. The van der Waals surface area contributed by atoms with Crippen molar-refractivity contribution in [3.63, 3.8) is 0 Å². The predicted octanol–water partition coefficient (Wildman–Crippen LogP) is 6.93. The van der Waals surface area contributed by atoms with E-state index in [9.17, 15) is 18.0 Å². The van der Waals surface area contributed by atoms with Crippen molar-refractivity contribution in [1.82, 2.24) is 4.90 Å². The second-order valence-corrected chi connectivity index (χ2v) is 7.86. The van der Waals surface area contributed by atoms with Gasteiger partial charge in [0.2, 0.25) is 0 Å². The third kappa shape index (κ3) is 8.35. The Kier molecular flexibility index (Phi) is 8.57. The van der Waals surface area contributed by atoms with Crippen LogP contribution in [0.5, 0.6) is 5.75 Å². The number of amides is 2. The van der Waals surface area contributed by atoms with Crippen LogP contribution in [0.2, 0.25) is 0 Å². The van der Waals surface area contributed by atoms with Gasteiger partial charge in [0.1, 0.15) is 5.75 Å². The van der Waals surface area contributed by atoms with E-state index in [4.69, 9.17) is 0 Å². The highest BCUT2D eigenvalue weighted by atomic mass is 19.4. The normalized spacial score (nSPS) is 14.0. The van der Waals surface area contributed by atoms with Crippen LogP contribution in [-0.4, -0.2) is 30.4 Å². The van der Waals surface area contributed by atoms with Gasteiger partial charge >= 0.3 is 12.4 Å². The number of urea groups is 1. The first-order chi connectivity index (χ1) is 14.1. The molecule has 30 heavy (non-hydrogen) atoms. The number of carbonyl (C=O) groups excluding carboxylic acids is 1. The lowest BCUT2D eigenvalue weighted by Crippen LogP contribution is -2.38. The summed E-state index contributed by atoms with van der Waals surface area (Å²) >= 11 is 0. The van der Waals surface area contributed by atoms with E-state index < -0.39 is 6.36 Å². The summed E-state index contributed by atoms with van der Waals surface area (Å²) in [6, 6.07) is 12.7. The molecule has 164 valence electrons. The molecule has 0 radical (unpaired) electrons. The van der Waals surface area contributed by atoms with Gasteiger partial charge in [-0.15, -0.1) is 13.2 Å². The van der Waals surface area contributed by atoms with Gasteiger partial charge in [-0.1, -0.05) is 45.0 Å². The van der Waals surface area contributed by atoms with Gasteiger partial charge in [0.05, 0.1) is 0 Å². The third-order valence-electron chi connectivity index (χ3n) is 4.20. The Morgan fingerprint density at radius 2 is 1.37 bits per heavy atom. The Labute approximate surface area is 176 Å². The molecule has 0 atom stereocenters. The highest BCUT2D eigenvalue weighted by Gasteiger charge is 2.30. The molecule has 0 bridgehead atoms. The van der Waals surface area contributed by atoms with Crippen LogP contribution in [0.4, 0.5) is 23.7 Å². The summed E-state index contributed by atoms with van der Waals surface area (Å²) in [5.74, 6) is 0.576. The monoisotopic (exact) mass is 422 g/mol. The number of rotatable bonds is 3. The molecule has 0 unspecified atom stereocenters. The molecule has 1 aliphatic rings. The fourth-order valence-electron chi connectivity index (χ4n) is 2.89. The minimum absolute atomic E-state index is 0.105. The van der Waals surface area contributed by atoms with Gasteiger partial charge in [0.15, 0.2) is 0 Å². The molecule has 1 saturated heterocycles. The van der Waals surface area contributed by atoms with Crippen LogP contribution in [0.1, 0.15) is 40.0 Å². The smallest absolute Gasteiger partial charge is 0.406 e. The summed E-state index contributed by atoms with van der Waals surface area (Å²) in [4.78, 5) is 14.0. The van der Waals surface area contributed by atoms with Crippen LogP contribution in [-0.2, 0) is 0 Å². The van der Waals surface area contributed by atoms with Crippen LogP contribution in [0, 0.1) is 5.92 Å². The van der Waals surface area contributed by atoms with Gasteiger partial charge in [0.25, 0.3) is 0 Å². The van der Waals surface area contributed by atoms with Crippen LogP contribution in [0.3, 0.4) is 0 Å². The number of hydrogen-bond donors (Lipinski definition) is 1. The Morgan fingerprint density at radius 3 is 1.83 bits per heavy atom. The molecule has 4 nitrogen and oxygen atoms in total. The zero-order valence-corrected chi connectivity index (χ0v) is 17.6. The highest BCUT2D eigenvalue weighted by Crippen LogP contribution is 2.27. The van der Waals surface area contributed by atoms with Crippen molar-refractivity contribution in [3.05, 3.63) is 48.5 Å². The number of ether oxygens (including phenoxy) is 1. The number of likely N-dealkylation sites (tertiary alicyclic amines) is 1. The Bertz CT molecular complexity index is 779.